The van der Waals surface area contributed by atoms with E-state index in [1.807, 2.05) is 24.4 Å². The van der Waals surface area contributed by atoms with Crippen LogP contribution in [0.15, 0.2) is 24.4 Å². The minimum Gasteiger partial charge on any atom is -0.486 e. The van der Waals surface area contributed by atoms with Crippen LogP contribution in [-0.4, -0.2) is 36.7 Å². The molecule has 1 aromatic carbocycles. The Balaban J connectivity index is 1.84. The van der Waals surface area contributed by atoms with Crippen molar-refractivity contribution in [2.75, 3.05) is 31.2 Å². The highest BCUT2D eigenvalue weighted by Crippen LogP contribution is 2.38. The van der Waals surface area contributed by atoms with Crippen LogP contribution in [-0.2, 0) is 0 Å². The summed E-state index contributed by atoms with van der Waals surface area (Å²) in [5.41, 5.74) is 0. The fourth-order valence-electron chi connectivity index (χ4n) is 2.86. The molecule has 0 bridgehead atoms. The first-order valence-electron chi connectivity index (χ1n) is 6.88. The van der Waals surface area contributed by atoms with E-state index in [4.69, 9.17) is 21.1 Å². The molecule has 1 saturated heterocycles. The number of aromatic nitrogens is 1. The number of nitrogens with zero attached hydrogens (tertiary/aromatic N) is 2. The average Bonchev–Trinajstić information content (AvgIpc) is 2.91. The number of halogens is 1. The number of pyridine rings is 1. The Labute approximate surface area is 122 Å². The van der Waals surface area contributed by atoms with Gasteiger partial charge in [-0.1, -0.05) is 0 Å². The number of fused-ring (bicyclic) bond motifs is 2. The van der Waals surface area contributed by atoms with E-state index in [0.717, 1.165) is 47.6 Å². The number of alkyl halides is 1. The zero-order valence-electron chi connectivity index (χ0n) is 11.0. The Hall–Kier alpha value is -1.68. The summed E-state index contributed by atoms with van der Waals surface area (Å²) in [6.07, 6.45) is 2.85. The number of anilines is 1. The number of hydrogen-bond acceptors (Lipinski definition) is 4. The smallest absolute Gasteiger partial charge is 0.162 e. The molecule has 2 aliphatic rings. The molecule has 1 fully saturated rings. The maximum Gasteiger partial charge on any atom is 0.162 e. The zero-order chi connectivity index (χ0) is 13.5. The zero-order valence-corrected chi connectivity index (χ0v) is 11.8. The highest BCUT2D eigenvalue weighted by molar-refractivity contribution is 6.21. The third kappa shape index (κ3) is 1.95. The Bertz CT molecular complexity index is 662. The minimum absolute atomic E-state index is 0.212. The summed E-state index contributed by atoms with van der Waals surface area (Å²) in [6.45, 7) is 3.01. The predicted molar refractivity (Wildman–Crippen MR) is 79.2 cm³/mol. The van der Waals surface area contributed by atoms with Crippen molar-refractivity contribution in [3.8, 4) is 11.5 Å². The van der Waals surface area contributed by atoms with Gasteiger partial charge in [0.2, 0.25) is 0 Å². The summed E-state index contributed by atoms with van der Waals surface area (Å²) < 4.78 is 11.3. The Kier molecular flexibility index (Phi) is 2.84. The summed E-state index contributed by atoms with van der Waals surface area (Å²) in [7, 11) is 0. The van der Waals surface area contributed by atoms with Gasteiger partial charge >= 0.3 is 0 Å². The number of hydrogen-bond donors (Lipinski definition) is 0. The number of rotatable bonds is 1. The fourth-order valence-corrected chi connectivity index (χ4v) is 3.12. The molecule has 20 heavy (non-hydrogen) atoms. The molecule has 0 saturated carbocycles. The second kappa shape index (κ2) is 4.70. The molecule has 1 unspecified atom stereocenters. The van der Waals surface area contributed by atoms with Crippen molar-refractivity contribution in [1.82, 2.24) is 4.98 Å². The van der Waals surface area contributed by atoms with Crippen molar-refractivity contribution in [1.29, 1.82) is 0 Å². The van der Waals surface area contributed by atoms with Gasteiger partial charge in [0.05, 0.1) is 5.38 Å². The van der Waals surface area contributed by atoms with Crippen molar-refractivity contribution in [2.24, 2.45) is 0 Å². The molecule has 0 spiro atoms. The standard InChI is InChI=1S/C15H15ClN2O2/c16-11-2-4-18(9-11)15-12-8-14-13(19-5-6-20-14)7-10(12)1-3-17-15/h1,3,7-8,11H,2,4-6,9H2. The molecule has 4 nitrogen and oxygen atoms in total. The van der Waals surface area contributed by atoms with Gasteiger partial charge in [-0.2, -0.15) is 0 Å². The Morgan fingerprint density at radius 3 is 2.75 bits per heavy atom. The van der Waals surface area contributed by atoms with E-state index >= 15 is 0 Å². The molecule has 1 aromatic heterocycles. The molecule has 0 N–H and O–H groups in total. The lowest BCUT2D eigenvalue weighted by molar-refractivity contribution is 0.172. The summed E-state index contributed by atoms with van der Waals surface area (Å²) in [6, 6.07) is 6.07. The molecular weight excluding hydrogens is 276 g/mol. The summed E-state index contributed by atoms with van der Waals surface area (Å²) in [5, 5.41) is 2.43. The molecule has 5 heteroatoms. The van der Waals surface area contributed by atoms with Crippen LogP contribution < -0.4 is 14.4 Å². The Morgan fingerprint density at radius 2 is 2.00 bits per heavy atom. The van der Waals surface area contributed by atoms with Gasteiger partial charge in [0.25, 0.3) is 0 Å². The van der Waals surface area contributed by atoms with E-state index in [1.165, 1.54) is 0 Å². The van der Waals surface area contributed by atoms with E-state index in [1.54, 1.807) is 0 Å². The maximum absolute atomic E-state index is 6.21. The monoisotopic (exact) mass is 290 g/mol. The highest BCUT2D eigenvalue weighted by Gasteiger charge is 2.24. The van der Waals surface area contributed by atoms with Gasteiger partial charge in [-0.3, -0.25) is 0 Å². The number of benzene rings is 1. The topological polar surface area (TPSA) is 34.6 Å². The first-order valence-corrected chi connectivity index (χ1v) is 7.32. The highest BCUT2D eigenvalue weighted by atomic mass is 35.5. The van der Waals surface area contributed by atoms with E-state index in [-0.39, 0.29) is 5.38 Å². The quantitative estimate of drug-likeness (QED) is 0.757. The summed E-state index contributed by atoms with van der Waals surface area (Å²) >= 11 is 6.21. The first kappa shape index (κ1) is 12.1. The van der Waals surface area contributed by atoms with Gasteiger partial charge in [-0.15, -0.1) is 11.6 Å². The second-order valence-electron chi connectivity index (χ2n) is 5.18. The van der Waals surface area contributed by atoms with Crippen LogP contribution in [0.5, 0.6) is 11.5 Å². The molecule has 2 aliphatic heterocycles. The van der Waals surface area contributed by atoms with E-state index in [9.17, 15) is 0 Å². The predicted octanol–water partition coefficient (Wildman–Crippen LogP) is 2.82. The molecule has 4 rings (SSSR count). The third-order valence-corrected chi connectivity index (χ3v) is 4.19. The molecule has 0 amide bonds. The molecule has 1 atom stereocenters. The normalized spacial score (nSPS) is 21.4. The van der Waals surface area contributed by atoms with Crippen molar-refractivity contribution < 1.29 is 9.47 Å². The summed E-state index contributed by atoms with van der Waals surface area (Å²) in [5.74, 6) is 2.61. The molecule has 3 heterocycles. The third-order valence-electron chi connectivity index (χ3n) is 3.84. The SMILES string of the molecule is ClC1CCN(c2nccc3cc4c(cc23)OCCO4)C1. The molecular formula is C15H15ClN2O2. The van der Waals surface area contributed by atoms with E-state index in [2.05, 4.69) is 9.88 Å². The van der Waals surface area contributed by atoms with E-state index in [0.29, 0.717) is 13.2 Å². The van der Waals surface area contributed by atoms with Crippen LogP contribution in [0.4, 0.5) is 5.82 Å². The molecule has 2 aromatic rings. The van der Waals surface area contributed by atoms with Crippen molar-refractivity contribution in [2.45, 2.75) is 11.8 Å². The summed E-state index contributed by atoms with van der Waals surface area (Å²) in [4.78, 5) is 6.79. The van der Waals surface area contributed by atoms with Crippen molar-refractivity contribution in [3.05, 3.63) is 24.4 Å². The van der Waals surface area contributed by atoms with Crippen molar-refractivity contribution in [3.63, 3.8) is 0 Å². The number of ether oxygens (including phenoxy) is 2. The van der Waals surface area contributed by atoms with Gasteiger partial charge in [-0.25, -0.2) is 4.98 Å². The van der Waals surface area contributed by atoms with Gasteiger partial charge in [0, 0.05) is 24.7 Å². The van der Waals surface area contributed by atoms with Crippen LogP contribution in [0.25, 0.3) is 10.8 Å². The van der Waals surface area contributed by atoms with Gasteiger partial charge < -0.3 is 14.4 Å². The van der Waals surface area contributed by atoms with E-state index < -0.39 is 0 Å². The van der Waals surface area contributed by atoms with Crippen molar-refractivity contribution >= 4 is 28.2 Å². The van der Waals surface area contributed by atoms with Crippen LogP contribution in [0, 0.1) is 0 Å². The van der Waals surface area contributed by atoms with Crippen LogP contribution in [0.2, 0.25) is 0 Å². The van der Waals surface area contributed by atoms with Gasteiger partial charge in [-0.05, 0) is 30.0 Å². The Morgan fingerprint density at radius 1 is 1.20 bits per heavy atom. The molecule has 0 radical (unpaired) electrons. The lowest BCUT2D eigenvalue weighted by atomic mass is 10.1. The molecule has 0 aliphatic carbocycles. The molecule has 104 valence electrons. The lowest BCUT2D eigenvalue weighted by Gasteiger charge is -2.22. The van der Waals surface area contributed by atoms with Gasteiger partial charge in [0.15, 0.2) is 11.5 Å². The first-order chi connectivity index (χ1) is 9.81. The second-order valence-corrected chi connectivity index (χ2v) is 5.80. The fraction of sp³-hybridized carbons (Fsp3) is 0.400. The maximum atomic E-state index is 6.21. The largest absolute Gasteiger partial charge is 0.486 e. The van der Waals surface area contributed by atoms with Gasteiger partial charge in [0.1, 0.15) is 19.0 Å². The van der Waals surface area contributed by atoms with Crippen LogP contribution in [0.1, 0.15) is 6.42 Å². The average molecular weight is 291 g/mol. The van der Waals surface area contributed by atoms with Crippen LogP contribution >= 0.6 is 11.6 Å². The van der Waals surface area contributed by atoms with Crippen LogP contribution in [0.3, 0.4) is 0 Å². The lowest BCUT2D eigenvalue weighted by Crippen LogP contribution is -2.21. The minimum atomic E-state index is 0.212.